The van der Waals surface area contributed by atoms with E-state index in [-0.39, 0.29) is 5.91 Å². The maximum absolute atomic E-state index is 12.8. The Morgan fingerprint density at radius 1 is 1.00 bits per heavy atom. The molecule has 1 amide bonds. The topological polar surface area (TPSA) is 69.7 Å². The summed E-state index contributed by atoms with van der Waals surface area (Å²) in [7, 11) is 0. The van der Waals surface area contributed by atoms with Gasteiger partial charge in [-0.2, -0.15) is 0 Å². The van der Waals surface area contributed by atoms with E-state index in [1.54, 1.807) is 29.7 Å². The van der Waals surface area contributed by atoms with Crippen LogP contribution in [0.25, 0.3) is 10.4 Å². The van der Waals surface area contributed by atoms with Crippen LogP contribution in [0.3, 0.4) is 0 Å². The lowest BCUT2D eigenvalue weighted by Gasteiger charge is -2.17. The largest absolute Gasteiger partial charge is 0.490 e. The minimum Gasteiger partial charge on any atom is -0.490 e. The highest BCUT2D eigenvalue weighted by Crippen LogP contribution is 2.39. The van der Waals surface area contributed by atoms with Gasteiger partial charge in [0, 0.05) is 34.9 Å². The van der Waals surface area contributed by atoms with E-state index in [9.17, 15) is 4.79 Å². The molecule has 7 heteroatoms. The molecule has 1 N–H and O–H groups in total. The molecule has 0 radical (unpaired) electrons. The molecule has 0 atom stereocenters. The molecule has 158 valence electrons. The van der Waals surface area contributed by atoms with Crippen molar-refractivity contribution in [1.29, 1.82) is 0 Å². The molecule has 6 nitrogen and oxygen atoms in total. The number of nitrogens with zero attached hydrogens (tertiary/aromatic N) is 1. The fourth-order valence-electron chi connectivity index (χ4n) is 2.97. The Labute approximate surface area is 180 Å². The zero-order valence-electron chi connectivity index (χ0n) is 17.4. The van der Waals surface area contributed by atoms with E-state index in [0.29, 0.717) is 49.2 Å². The van der Waals surface area contributed by atoms with Gasteiger partial charge in [-0.05, 0) is 56.0 Å². The highest BCUT2D eigenvalue weighted by molar-refractivity contribution is 7.13. The molecule has 2 heterocycles. The first-order valence-corrected chi connectivity index (χ1v) is 10.9. The number of hydrogen-bond acceptors (Lipinski definition) is 6. The summed E-state index contributed by atoms with van der Waals surface area (Å²) in [4.78, 5) is 18.3. The van der Waals surface area contributed by atoms with Crippen LogP contribution in [0.2, 0.25) is 0 Å². The summed E-state index contributed by atoms with van der Waals surface area (Å²) in [5, 5.41) is 4.98. The molecule has 0 saturated carbocycles. The Hall–Kier alpha value is -3.06. The first-order chi connectivity index (χ1) is 14.7. The van der Waals surface area contributed by atoms with E-state index in [1.807, 2.05) is 44.5 Å². The van der Waals surface area contributed by atoms with Crippen LogP contribution in [-0.4, -0.2) is 30.7 Å². The fourth-order valence-corrected chi connectivity index (χ4v) is 3.67. The standard InChI is InChI=1S/C23H26N2O4S/c1-4-27-19-11-17(12-20(28-5-2)22(19)29-6-3)23(26)25-14-16-10-18(15-24-13-16)21-8-7-9-30-21/h7-13,15H,4-6,14H2,1-3H3,(H,25,26). The number of rotatable bonds is 10. The Morgan fingerprint density at radius 3 is 2.30 bits per heavy atom. The van der Waals surface area contributed by atoms with Gasteiger partial charge in [-0.3, -0.25) is 9.78 Å². The Morgan fingerprint density at radius 2 is 1.70 bits per heavy atom. The van der Waals surface area contributed by atoms with Crippen molar-refractivity contribution in [3.63, 3.8) is 0 Å². The molecule has 0 saturated heterocycles. The van der Waals surface area contributed by atoms with Gasteiger partial charge in [-0.25, -0.2) is 0 Å². The fraction of sp³-hybridized carbons (Fsp3) is 0.304. The highest BCUT2D eigenvalue weighted by Gasteiger charge is 2.18. The number of ether oxygens (including phenoxy) is 3. The number of aromatic nitrogens is 1. The Balaban J connectivity index is 1.78. The normalized spacial score (nSPS) is 10.5. The van der Waals surface area contributed by atoms with Crippen LogP contribution in [0.1, 0.15) is 36.7 Å². The third-order valence-electron chi connectivity index (χ3n) is 4.22. The van der Waals surface area contributed by atoms with E-state index >= 15 is 0 Å². The zero-order valence-corrected chi connectivity index (χ0v) is 18.3. The first kappa shape index (κ1) is 21.6. The molecule has 0 aliphatic heterocycles. The quantitative estimate of drug-likeness (QED) is 0.497. The van der Waals surface area contributed by atoms with E-state index < -0.39 is 0 Å². The van der Waals surface area contributed by atoms with Crippen molar-refractivity contribution in [1.82, 2.24) is 10.3 Å². The van der Waals surface area contributed by atoms with Gasteiger partial charge >= 0.3 is 0 Å². The number of pyridine rings is 1. The van der Waals surface area contributed by atoms with Crippen molar-refractivity contribution >= 4 is 17.2 Å². The van der Waals surface area contributed by atoms with E-state index in [4.69, 9.17) is 14.2 Å². The van der Waals surface area contributed by atoms with Gasteiger partial charge < -0.3 is 19.5 Å². The number of amides is 1. The second-order valence-electron chi connectivity index (χ2n) is 6.34. The molecule has 0 aliphatic carbocycles. The highest BCUT2D eigenvalue weighted by atomic mass is 32.1. The molecule has 0 aliphatic rings. The van der Waals surface area contributed by atoms with Crippen LogP contribution in [0.5, 0.6) is 17.2 Å². The molecule has 1 aromatic carbocycles. The maximum atomic E-state index is 12.8. The third-order valence-corrected chi connectivity index (χ3v) is 5.14. The average molecular weight is 427 g/mol. The molecule has 3 aromatic rings. The second-order valence-corrected chi connectivity index (χ2v) is 7.29. The number of nitrogens with one attached hydrogen (secondary N) is 1. The van der Waals surface area contributed by atoms with Gasteiger partial charge in [0.05, 0.1) is 19.8 Å². The SMILES string of the molecule is CCOc1cc(C(=O)NCc2cncc(-c3cccs3)c2)cc(OCC)c1OCC. The van der Waals surface area contributed by atoms with Crippen molar-refractivity contribution in [2.24, 2.45) is 0 Å². The van der Waals surface area contributed by atoms with Crippen LogP contribution in [0.4, 0.5) is 0 Å². The van der Waals surface area contributed by atoms with Gasteiger partial charge in [-0.15, -0.1) is 11.3 Å². The van der Waals surface area contributed by atoms with Crippen LogP contribution >= 0.6 is 11.3 Å². The minimum absolute atomic E-state index is 0.221. The van der Waals surface area contributed by atoms with Crippen molar-refractivity contribution in [2.45, 2.75) is 27.3 Å². The lowest BCUT2D eigenvalue weighted by Crippen LogP contribution is -2.23. The maximum Gasteiger partial charge on any atom is 0.251 e. The monoisotopic (exact) mass is 426 g/mol. The molecule has 2 aromatic heterocycles. The van der Waals surface area contributed by atoms with Crippen molar-refractivity contribution in [3.05, 3.63) is 59.2 Å². The summed E-state index contributed by atoms with van der Waals surface area (Å²) in [5.74, 6) is 1.29. The van der Waals surface area contributed by atoms with Gasteiger partial charge in [-0.1, -0.05) is 6.07 Å². The molecular formula is C23H26N2O4S. The van der Waals surface area contributed by atoms with Crippen LogP contribution in [-0.2, 0) is 6.54 Å². The summed E-state index contributed by atoms with van der Waals surface area (Å²) in [6, 6.07) is 9.47. The zero-order chi connectivity index (χ0) is 21.3. The van der Waals surface area contributed by atoms with Crippen LogP contribution in [0.15, 0.2) is 48.1 Å². The van der Waals surface area contributed by atoms with Gasteiger partial charge in [0.15, 0.2) is 11.5 Å². The summed E-state index contributed by atoms with van der Waals surface area (Å²) < 4.78 is 17.1. The third kappa shape index (κ3) is 5.30. The van der Waals surface area contributed by atoms with Gasteiger partial charge in [0.2, 0.25) is 5.75 Å². The number of hydrogen-bond donors (Lipinski definition) is 1. The first-order valence-electron chi connectivity index (χ1n) is 9.98. The molecular weight excluding hydrogens is 400 g/mol. The van der Waals surface area contributed by atoms with Crippen molar-refractivity contribution < 1.29 is 19.0 Å². The molecule has 0 fully saturated rings. The van der Waals surface area contributed by atoms with Gasteiger partial charge in [0.25, 0.3) is 5.91 Å². The predicted molar refractivity (Wildman–Crippen MR) is 119 cm³/mol. The van der Waals surface area contributed by atoms with E-state index in [0.717, 1.165) is 16.0 Å². The van der Waals surface area contributed by atoms with Gasteiger partial charge in [0.1, 0.15) is 0 Å². The van der Waals surface area contributed by atoms with Crippen molar-refractivity contribution in [2.75, 3.05) is 19.8 Å². The molecule has 0 spiro atoms. The number of carbonyl (C=O) groups is 1. The van der Waals surface area contributed by atoms with E-state index in [1.165, 1.54) is 0 Å². The lowest BCUT2D eigenvalue weighted by molar-refractivity contribution is 0.0949. The second kappa shape index (κ2) is 10.6. The number of benzene rings is 1. The molecule has 3 rings (SSSR count). The summed E-state index contributed by atoms with van der Waals surface area (Å²) >= 11 is 1.66. The minimum atomic E-state index is -0.221. The number of thiophene rings is 1. The predicted octanol–water partition coefficient (Wildman–Crippen LogP) is 4.94. The lowest BCUT2D eigenvalue weighted by atomic mass is 10.1. The average Bonchev–Trinajstić information content (AvgIpc) is 3.30. The Kier molecular flexibility index (Phi) is 7.68. The number of carbonyl (C=O) groups excluding carboxylic acids is 1. The summed E-state index contributed by atoms with van der Waals surface area (Å²) in [5.41, 5.74) is 2.41. The van der Waals surface area contributed by atoms with Crippen LogP contribution < -0.4 is 19.5 Å². The summed E-state index contributed by atoms with van der Waals surface area (Å²) in [6.45, 7) is 7.42. The molecule has 0 bridgehead atoms. The summed E-state index contributed by atoms with van der Waals surface area (Å²) in [6.07, 6.45) is 3.58. The van der Waals surface area contributed by atoms with Crippen LogP contribution in [0, 0.1) is 0 Å². The molecule has 30 heavy (non-hydrogen) atoms. The Bertz CT molecular complexity index is 946. The smallest absolute Gasteiger partial charge is 0.251 e. The van der Waals surface area contributed by atoms with E-state index in [2.05, 4.69) is 16.4 Å². The molecule has 0 unspecified atom stereocenters. The van der Waals surface area contributed by atoms with Crippen molar-refractivity contribution in [3.8, 4) is 27.7 Å².